The first-order valence-corrected chi connectivity index (χ1v) is 10.6. The van der Waals surface area contributed by atoms with Crippen LogP contribution in [0.15, 0.2) is 35.9 Å². The largest absolute Gasteiger partial charge is 0.469 e. The van der Waals surface area contributed by atoms with Gasteiger partial charge in [0, 0.05) is 12.8 Å². The van der Waals surface area contributed by atoms with E-state index in [-0.39, 0.29) is 5.97 Å². The Kier molecular flexibility index (Phi) is 7.06. The van der Waals surface area contributed by atoms with Crippen molar-refractivity contribution in [2.45, 2.75) is 76.7 Å². The summed E-state index contributed by atoms with van der Waals surface area (Å²) in [5.74, 6) is 0.123. The van der Waals surface area contributed by atoms with E-state index in [9.17, 15) is 14.7 Å². The number of aliphatic hydroxyl groups excluding tert-OH is 1. The Morgan fingerprint density at radius 3 is 2.68 bits per heavy atom. The molecule has 0 amide bonds. The number of benzene rings is 1. The molecule has 4 heteroatoms. The second-order valence-electron chi connectivity index (χ2n) is 8.29. The highest BCUT2D eigenvalue weighted by atomic mass is 16.5. The molecule has 2 atom stereocenters. The van der Waals surface area contributed by atoms with Crippen LogP contribution in [0.4, 0.5) is 0 Å². The number of carbonyl (C=O) groups excluding carboxylic acids is 2. The smallest absolute Gasteiger partial charge is 0.305 e. The third kappa shape index (κ3) is 4.91. The van der Waals surface area contributed by atoms with Gasteiger partial charge in [-0.05, 0) is 68.1 Å². The van der Waals surface area contributed by atoms with E-state index in [4.69, 9.17) is 4.74 Å². The summed E-state index contributed by atoms with van der Waals surface area (Å²) in [6.07, 6.45) is 10.6. The SMILES string of the molecule is COC(=O)CCCc1ccccc1C[C@]1(/C=C2\CCCC[C@@H]2O)CCCC1=O. The Hall–Kier alpha value is -1.94. The molecule has 1 aromatic rings. The lowest BCUT2D eigenvalue weighted by Crippen LogP contribution is -2.29. The first kappa shape index (κ1) is 20.8. The van der Waals surface area contributed by atoms with Crippen LogP contribution in [0.5, 0.6) is 0 Å². The van der Waals surface area contributed by atoms with E-state index in [2.05, 4.69) is 18.2 Å². The predicted octanol–water partition coefficient (Wildman–Crippen LogP) is 4.33. The van der Waals surface area contributed by atoms with Crippen molar-refractivity contribution in [3.63, 3.8) is 0 Å². The van der Waals surface area contributed by atoms with Crippen LogP contribution in [0.25, 0.3) is 0 Å². The standard InChI is InChI=1S/C24H32O4/c1-28-23(27)14-6-11-18-8-2-3-9-19(18)16-24(15-7-13-22(24)26)17-20-10-4-5-12-21(20)25/h2-3,8-9,17,21,25H,4-7,10-16H2,1H3/b20-17+/t21-,24-/m0/s1. The Labute approximate surface area is 168 Å². The van der Waals surface area contributed by atoms with E-state index in [1.165, 1.54) is 18.2 Å². The second kappa shape index (κ2) is 9.51. The summed E-state index contributed by atoms with van der Waals surface area (Å²) in [5.41, 5.74) is 2.97. The molecule has 1 aromatic carbocycles. The van der Waals surface area contributed by atoms with Gasteiger partial charge < -0.3 is 9.84 Å². The predicted molar refractivity (Wildman–Crippen MR) is 109 cm³/mol. The van der Waals surface area contributed by atoms with E-state index in [0.29, 0.717) is 25.0 Å². The van der Waals surface area contributed by atoms with Crippen molar-refractivity contribution < 1.29 is 19.4 Å². The number of allylic oxidation sites excluding steroid dienone is 1. The van der Waals surface area contributed by atoms with Gasteiger partial charge in [0.25, 0.3) is 0 Å². The first-order valence-electron chi connectivity index (χ1n) is 10.6. The number of Topliss-reactive ketones (excluding diaryl/α,β-unsaturated/α-hetero) is 1. The van der Waals surface area contributed by atoms with E-state index in [0.717, 1.165) is 56.9 Å². The third-order valence-corrected chi connectivity index (χ3v) is 6.34. The number of methoxy groups -OCH3 is 1. The lowest BCUT2D eigenvalue weighted by molar-refractivity contribution is -0.140. The number of rotatable bonds is 7. The zero-order valence-electron chi connectivity index (χ0n) is 16.9. The van der Waals surface area contributed by atoms with Crippen molar-refractivity contribution in [3.05, 3.63) is 47.0 Å². The number of esters is 1. The molecule has 28 heavy (non-hydrogen) atoms. The minimum atomic E-state index is -0.480. The van der Waals surface area contributed by atoms with Gasteiger partial charge in [0.15, 0.2) is 0 Å². The van der Waals surface area contributed by atoms with Gasteiger partial charge >= 0.3 is 5.97 Å². The molecule has 0 aliphatic heterocycles. The highest BCUT2D eigenvalue weighted by Crippen LogP contribution is 2.42. The molecule has 2 saturated carbocycles. The molecule has 0 radical (unpaired) electrons. The number of aryl methyl sites for hydroxylation is 1. The third-order valence-electron chi connectivity index (χ3n) is 6.34. The van der Waals surface area contributed by atoms with Gasteiger partial charge in [-0.2, -0.15) is 0 Å². The molecule has 3 rings (SSSR count). The normalized spacial score (nSPS) is 26.6. The Morgan fingerprint density at radius 2 is 2.00 bits per heavy atom. The van der Waals surface area contributed by atoms with E-state index in [1.807, 2.05) is 12.1 Å². The number of aliphatic hydroxyl groups is 1. The van der Waals surface area contributed by atoms with Crippen LogP contribution in [0.3, 0.4) is 0 Å². The van der Waals surface area contributed by atoms with Crippen LogP contribution in [0.2, 0.25) is 0 Å². The average molecular weight is 385 g/mol. The van der Waals surface area contributed by atoms with Crippen LogP contribution in [0, 0.1) is 5.41 Å². The Balaban J connectivity index is 1.81. The summed E-state index contributed by atoms with van der Waals surface area (Å²) in [6.45, 7) is 0. The van der Waals surface area contributed by atoms with Gasteiger partial charge in [-0.1, -0.05) is 36.8 Å². The minimum absolute atomic E-state index is 0.184. The van der Waals surface area contributed by atoms with Crippen LogP contribution >= 0.6 is 0 Å². The van der Waals surface area contributed by atoms with E-state index in [1.54, 1.807) is 0 Å². The van der Waals surface area contributed by atoms with Crippen molar-refractivity contribution in [1.29, 1.82) is 0 Å². The van der Waals surface area contributed by atoms with Gasteiger partial charge in [-0.15, -0.1) is 0 Å². The number of ketones is 1. The van der Waals surface area contributed by atoms with Gasteiger partial charge in [-0.25, -0.2) is 0 Å². The zero-order valence-corrected chi connectivity index (χ0v) is 16.9. The molecule has 4 nitrogen and oxygen atoms in total. The van der Waals surface area contributed by atoms with Crippen molar-refractivity contribution in [1.82, 2.24) is 0 Å². The molecule has 2 fully saturated rings. The zero-order chi connectivity index (χ0) is 20.0. The fraction of sp³-hybridized carbons (Fsp3) is 0.583. The molecule has 0 heterocycles. The second-order valence-corrected chi connectivity index (χ2v) is 8.29. The Bertz CT molecular complexity index is 736. The molecule has 2 aliphatic carbocycles. The van der Waals surface area contributed by atoms with Crippen LogP contribution in [0.1, 0.15) is 68.9 Å². The fourth-order valence-electron chi connectivity index (χ4n) is 4.72. The molecule has 0 spiro atoms. The average Bonchev–Trinajstić information content (AvgIpc) is 3.05. The molecule has 1 N–H and O–H groups in total. The van der Waals surface area contributed by atoms with Gasteiger partial charge in [0.05, 0.1) is 18.6 Å². The maximum Gasteiger partial charge on any atom is 0.305 e. The quantitative estimate of drug-likeness (QED) is 0.561. The summed E-state index contributed by atoms with van der Waals surface area (Å²) in [7, 11) is 1.42. The van der Waals surface area contributed by atoms with Crippen molar-refractivity contribution >= 4 is 11.8 Å². The summed E-state index contributed by atoms with van der Waals surface area (Å²) in [4.78, 5) is 24.4. The molecular formula is C24H32O4. The van der Waals surface area contributed by atoms with Gasteiger partial charge in [0.1, 0.15) is 5.78 Å². The summed E-state index contributed by atoms with van der Waals surface area (Å²) < 4.78 is 4.74. The molecular weight excluding hydrogens is 352 g/mol. The highest BCUT2D eigenvalue weighted by molar-refractivity contribution is 5.89. The lowest BCUT2D eigenvalue weighted by Gasteiger charge is -2.29. The minimum Gasteiger partial charge on any atom is -0.469 e. The molecule has 0 aromatic heterocycles. The van der Waals surface area contributed by atoms with Crippen LogP contribution < -0.4 is 0 Å². The topological polar surface area (TPSA) is 63.6 Å². The monoisotopic (exact) mass is 384 g/mol. The summed E-state index contributed by atoms with van der Waals surface area (Å²) in [5, 5.41) is 10.4. The fourth-order valence-corrected chi connectivity index (χ4v) is 4.72. The number of carbonyl (C=O) groups is 2. The number of hydrogen-bond acceptors (Lipinski definition) is 4. The van der Waals surface area contributed by atoms with Crippen molar-refractivity contribution in [2.24, 2.45) is 5.41 Å². The van der Waals surface area contributed by atoms with Crippen molar-refractivity contribution in [3.8, 4) is 0 Å². The Morgan fingerprint density at radius 1 is 1.21 bits per heavy atom. The summed E-state index contributed by atoms with van der Waals surface area (Å²) >= 11 is 0. The number of hydrogen-bond donors (Lipinski definition) is 1. The maximum absolute atomic E-state index is 12.9. The van der Waals surface area contributed by atoms with Gasteiger partial charge in [-0.3, -0.25) is 9.59 Å². The molecule has 2 aliphatic rings. The van der Waals surface area contributed by atoms with Crippen LogP contribution in [-0.2, 0) is 27.2 Å². The highest BCUT2D eigenvalue weighted by Gasteiger charge is 2.41. The van der Waals surface area contributed by atoms with Gasteiger partial charge in [0.2, 0.25) is 0 Å². The molecule has 152 valence electrons. The lowest BCUT2D eigenvalue weighted by atomic mass is 9.74. The first-order chi connectivity index (χ1) is 13.5. The number of ether oxygens (including phenoxy) is 1. The van der Waals surface area contributed by atoms with Crippen LogP contribution in [-0.4, -0.2) is 30.1 Å². The van der Waals surface area contributed by atoms with E-state index < -0.39 is 11.5 Å². The maximum atomic E-state index is 12.9. The summed E-state index contributed by atoms with van der Waals surface area (Å²) in [6, 6.07) is 8.25. The molecule has 0 bridgehead atoms. The molecule has 0 unspecified atom stereocenters. The van der Waals surface area contributed by atoms with E-state index >= 15 is 0 Å². The molecule has 0 saturated heterocycles. The van der Waals surface area contributed by atoms with Crippen molar-refractivity contribution in [2.75, 3.05) is 7.11 Å².